The first kappa shape index (κ1) is 11.4. The Balaban J connectivity index is 2.11. The minimum absolute atomic E-state index is 0.0382. The lowest BCUT2D eigenvalue weighted by Crippen LogP contribution is -2.19. The van der Waals surface area contributed by atoms with E-state index in [1.165, 1.54) is 6.07 Å². The number of carbonyl (C=O) groups excluding carboxylic acids is 1. The van der Waals surface area contributed by atoms with Gasteiger partial charge in [-0.05, 0) is 30.4 Å². The standard InChI is InChI=1S/C15H13FO2/c16-13-8-7-12(10-4-1-2-5-11(10)13)15(17)14-6-3-9-18-14/h1-2,4-5,7-8,14H,3,6,9H2. The van der Waals surface area contributed by atoms with Gasteiger partial charge in [-0.2, -0.15) is 0 Å². The Kier molecular flexibility index (Phi) is 2.84. The molecule has 1 saturated heterocycles. The second-order valence-corrected chi connectivity index (χ2v) is 4.51. The number of hydrogen-bond acceptors (Lipinski definition) is 2. The van der Waals surface area contributed by atoms with Crippen molar-refractivity contribution < 1.29 is 13.9 Å². The molecule has 2 aromatic rings. The summed E-state index contributed by atoms with van der Waals surface area (Å²) in [5.41, 5.74) is 0.555. The highest BCUT2D eigenvalue weighted by molar-refractivity contribution is 6.10. The highest BCUT2D eigenvalue weighted by Gasteiger charge is 2.26. The normalized spacial score (nSPS) is 19.3. The molecule has 1 fully saturated rings. The molecule has 1 atom stereocenters. The predicted molar refractivity (Wildman–Crippen MR) is 67.2 cm³/mol. The van der Waals surface area contributed by atoms with Gasteiger partial charge in [0.05, 0.1) is 0 Å². The van der Waals surface area contributed by atoms with E-state index in [0.717, 1.165) is 12.8 Å². The summed E-state index contributed by atoms with van der Waals surface area (Å²) in [7, 11) is 0. The number of carbonyl (C=O) groups is 1. The first-order chi connectivity index (χ1) is 8.77. The largest absolute Gasteiger partial charge is 0.370 e. The molecule has 0 radical (unpaired) electrons. The van der Waals surface area contributed by atoms with E-state index in [4.69, 9.17) is 4.74 Å². The first-order valence-corrected chi connectivity index (χ1v) is 6.10. The van der Waals surface area contributed by atoms with Crippen LogP contribution in [-0.4, -0.2) is 18.5 Å². The zero-order valence-corrected chi connectivity index (χ0v) is 9.86. The summed E-state index contributed by atoms with van der Waals surface area (Å²) < 4.78 is 19.1. The van der Waals surface area contributed by atoms with Gasteiger partial charge in [0, 0.05) is 17.6 Å². The Bertz CT molecular complexity index is 600. The summed E-state index contributed by atoms with van der Waals surface area (Å²) in [6.45, 7) is 0.634. The minimum Gasteiger partial charge on any atom is -0.370 e. The smallest absolute Gasteiger partial charge is 0.192 e. The molecule has 2 aromatic carbocycles. The molecule has 0 amide bonds. The van der Waals surface area contributed by atoms with E-state index in [-0.39, 0.29) is 17.7 Å². The number of rotatable bonds is 2. The van der Waals surface area contributed by atoms with Crippen LogP contribution in [0.1, 0.15) is 23.2 Å². The number of ether oxygens (including phenoxy) is 1. The van der Waals surface area contributed by atoms with E-state index in [9.17, 15) is 9.18 Å². The molecule has 3 rings (SSSR count). The molecule has 0 saturated carbocycles. The molecule has 0 N–H and O–H groups in total. The van der Waals surface area contributed by atoms with E-state index >= 15 is 0 Å². The number of halogens is 1. The molecular formula is C15H13FO2. The lowest BCUT2D eigenvalue weighted by molar-refractivity contribution is 0.0644. The molecule has 92 valence electrons. The molecule has 3 heteroatoms. The summed E-state index contributed by atoms with van der Waals surface area (Å²) in [6.07, 6.45) is 1.30. The van der Waals surface area contributed by atoms with E-state index in [1.54, 1.807) is 24.3 Å². The third-order valence-electron chi connectivity index (χ3n) is 3.36. The highest BCUT2D eigenvalue weighted by atomic mass is 19.1. The van der Waals surface area contributed by atoms with Crippen LogP contribution in [0, 0.1) is 5.82 Å². The molecule has 0 aromatic heterocycles. The van der Waals surface area contributed by atoms with Gasteiger partial charge in [-0.3, -0.25) is 4.79 Å². The van der Waals surface area contributed by atoms with Crippen molar-refractivity contribution in [3.8, 4) is 0 Å². The Morgan fingerprint density at radius 2 is 1.94 bits per heavy atom. The zero-order chi connectivity index (χ0) is 12.5. The number of benzene rings is 2. The molecule has 1 aliphatic rings. The van der Waals surface area contributed by atoms with Crippen molar-refractivity contribution in [2.75, 3.05) is 6.61 Å². The van der Waals surface area contributed by atoms with Crippen molar-refractivity contribution in [3.63, 3.8) is 0 Å². The third-order valence-corrected chi connectivity index (χ3v) is 3.36. The summed E-state index contributed by atoms with van der Waals surface area (Å²) in [6, 6.07) is 9.96. The van der Waals surface area contributed by atoms with Crippen LogP contribution in [0.25, 0.3) is 10.8 Å². The van der Waals surface area contributed by atoms with Gasteiger partial charge in [0.25, 0.3) is 0 Å². The minimum atomic E-state index is -0.362. The van der Waals surface area contributed by atoms with Gasteiger partial charge < -0.3 is 4.74 Å². The maximum Gasteiger partial charge on any atom is 0.192 e. The van der Waals surface area contributed by atoms with Crippen LogP contribution in [0.5, 0.6) is 0 Å². The van der Waals surface area contributed by atoms with Crippen LogP contribution < -0.4 is 0 Å². The second-order valence-electron chi connectivity index (χ2n) is 4.51. The summed E-state index contributed by atoms with van der Waals surface area (Å²) in [4.78, 5) is 12.3. The molecule has 18 heavy (non-hydrogen) atoms. The Morgan fingerprint density at radius 3 is 2.67 bits per heavy atom. The fourth-order valence-electron chi connectivity index (χ4n) is 2.44. The fraction of sp³-hybridized carbons (Fsp3) is 0.267. The third kappa shape index (κ3) is 1.81. The van der Waals surface area contributed by atoms with E-state index < -0.39 is 0 Å². The zero-order valence-electron chi connectivity index (χ0n) is 9.86. The average molecular weight is 244 g/mol. The summed E-state index contributed by atoms with van der Waals surface area (Å²) in [5.74, 6) is -0.335. The van der Waals surface area contributed by atoms with Crippen molar-refractivity contribution in [1.82, 2.24) is 0 Å². The second kappa shape index (κ2) is 4.50. The van der Waals surface area contributed by atoms with Crippen molar-refractivity contribution >= 4 is 16.6 Å². The molecular weight excluding hydrogens is 231 g/mol. The van der Waals surface area contributed by atoms with Crippen molar-refractivity contribution in [3.05, 3.63) is 47.8 Å². The maximum atomic E-state index is 13.7. The van der Waals surface area contributed by atoms with Crippen LogP contribution in [0.4, 0.5) is 4.39 Å². The van der Waals surface area contributed by atoms with Crippen LogP contribution in [0.3, 0.4) is 0 Å². The number of ketones is 1. The van der Waals surface area contributed by atoms with Crippen molar-refractivity contribution in [2.24, 2.45) is 0 Å². The molecule has 2 nitrogen and oxygen atoms in total. The molecule has 0 aliphatic carbocycles. The van der Waals surface area contributed by atoms with Gasteiger partial charge in [0.1, 0.15) is 11.9 Å². The van der Waals surface area contributed by atoms with Gasteiger partial charge >= 0.3 is 0 Å². The molecule has 1 unspecified atom stereocenters. The number of hydrogen-bond donors (Lipinski definition) is 0. The van der Waals surface area contributed by atoms with Crippen LogP contribution in [-0.2, 0) is 4.74 Å². The average Bonchev–Trinajstić information content (AvgIpc) is 2.93. The Labute approximate surface area is 104 Å². The SMILES string of the molecule is O=C(c1ccc(F)c2ccccc12)C1CCCO1. The molecule has 1 heterocycles. The fourth-order valence-corrected chi connectivity index (χ4v) is 2.44. The molecule has 0 bridgehead atoms. The van der Waals surface area contributed by atoms with Crippen molar-refractivity contribution in [2.45, 2.75) is 18.9 Å². The number of fused-ring (bicyclic) bond motifs is 1. The molecule has 0 spiro atoms. The van der Waals surface area contributed by atoms with Crippen LogP contribution in [0.2, 0.25) is 0 Å². The van der Waals surface area contributed by atoms with Crippen LogP contribution in [0.15, 0.2) is 36.4 Å². The van der Waals surface area contributed by atoms with Crippen LogP contribution >= 0.6 is 0 Å². The Morgan fingerprint density at radius 1 is 1.17 bits per heavy atom. The Hall–Kier alpha value is -1.74. The van der Waals surface area contributed by atoms with Crippen molar-refractivity contribution in [1.29, 1.82) is 0 Å². The summed E-state index contributed by atoms with van der Waals surface area (Å²) >= 11 is 0. The topological polar surface area (TPSA) is 26.3 Å². The highest BCUT2D eigenvalue weighted by Crippen LogP contribution is 2.25. The predicted octanol–water partition coefficient (Wildman–Crippen LogP) is 3.34. The van der Waals surface area contributed by atoms with Gasteiger partial charge in [0.2, 0.25) is 0 Å². The monoisotopic (exact) mass is 244 g/mol. The number of Topliss-reactive ketones (excluding diaryl/α,β-unsaturated/α-hetero) is 1. The van der Waals surface area contributed by atoms with Gasteiger partial charge in [0.15, 0.2) is 5.78 Å². The lowest BCUT2D eigenvalue weighted by atomic mass is 9.97. The van der Waals surface area contributed by atoms with E-state index in [2.05, 4.69) is 0 Å². The van der Waals surface area contributed by atoms with Gasteiger partial charge in [-0.1, -0.05) is 24.3 Å². The lowest BCUT2D eigenvalue weighted by Gasteiger charge is -2.11. The van der Waals surface area contributed by atoms with E-state index in [0.29, 0.717) is 22.9 Å². The quantitative estimate of drug-likeness (QED) is 0.757. The van der Waals surface area contributed by atoms with Gasteiger partial charge in [-0.15, -0.1) is 0 Å². The first-order valence-electron chi connectivity index (χ1n) is 6.10. The van der Waals surface area contributed by atoms with E-state index in [1.807, 2.05) is 6.07 Å². The molecule has 1 aliphatic heterocycles. The van der Waals surface area contributed by atoms with Gasteiger partial charge in [-0.25, -0.2) is 4.39 Å². The maximum absolute atomic E-state index is 13.7. The summed E-state index contributed by atoms with van der Waals surface area (Å²) in [5, 5.41) is 1.15.